The summed E-state index contributed by atoms with van der Waals surface area (Å²) in [7, 11) is 7.76. The number of rotatable bonds is 5. The van der Waals surface area contributed by atoms with Crippen LogP contribution in [0.2, 0.25) is 0 Å². The second-order valence-corrected chi connectivity index (χ2v) is 6.45. The molecule has 23 heavy (non-hydrogen) atoms. The third-order valence-electron chi connectivity index (χ3n) is 4.06. The highest BCUT2D eigenvalue weighted by molar-refractivity contribution is 5.98. The molecule has 1 aliphatic heterocycles. The average Bonchev–Trinajstić information content (AvgIpc) is 2.55. The molecule has 2 rings (SSSR count). The van der Waals surface area contributed by atoms with Crippen molar-refractivity contribution in [3.05, 3.63) is 29.8 Å². The number of hydrogen-bond acceptors (Lipinski definition) is 4. The van der Waals surface area contributed by atoms with Crippen LogP contribution in [0.1, 0.15) is 36.5 Å². The molecular formula is C19H33N3O. The van der Waals surface area contributed by atoms with Crippen molar-refractivity contribution in [1.82, 2.24) is 10.2 Å². The molecule has 0 bridgehead atoms. The number of piperidine rings is 1. The van der Waals surface area contributed by atoms with Gasteiger partial charge in [0.15, 0.2) is 5.78 Å². The van der Waals surface area contributed by atoms with E-state index in [1.807, 2.05) is 57.4 Å². The average molecular weight is 319 g/mol. The van der Waals surface area contributed by atoms with Crippen molar-refractivity contribution in [2.75, 3.05) is 52.7 Å². The smallest absolute Gasteiger partial charge is 0.167 e. The summed E-state index contributed by atoms with van der Waals surface area (Å²) in [4.78, 5) is 17.2. The van der Waals surface area contributed by atoms with E-state index in [0.29, 0.717) is 5.78 Å². The SMILES string of the molecule is CCCN1CCCC(C(=O)c2cccc(N(C)C)c2)C1.CNC. The molecule has 0 aromatic heterocycles. The highest BCUT2D eigenvalue weighted by atomic mass is 16.1. The summed E-state index contributed by atoms with van der Waals surface area (Å²) < 4.78 is 0. The first-order valence-corrected chi connectivity index (χ1v) is 8.65. The minimum absolute atomic E-state index is 0.174. The van der Waals surface area contributed by atoms with Crippen LogP contribution in [-0.2, 0) is 0 Å². The van der Waals surface area contributed by atoms with Gasteiger partial charge in [0.05, 0.1) is 0 Å². The monoisotopic (exact) mass is 319 g/mol. The van der Waals surface area contributed by atoms with Crippen LogP contribution in [0.25, 0.3) is 0 Å². The molecule has 0 spiro atoms. The van der Waals surface area contributed by atoms with Crippen molar-refractivity contribution in [1.29, 1.82) is 0 Å². The van der Waals surface area contributed by atoms with Gasteiger partial charge in [-0.15, -0.1) is 0 Å². The van der Waals surface area contributed by atoms with Gasteiger partial charge in [0.2, 0.25) is 0 Å². The van der Waals surface area contributed by atoms with Crippen LogP contribution in [-0.4, -0.2) is 58.5 Å². The molecule has 0 saturated carbocycles. The Morgan fingerprint density at radius 2 is 2.04 bits per heavy atom. The fourth-order valence-corrected chi connectivity index (χ4v) is 2.96. The Balaban J connectivity index is 0.000000816. The van der Waals surface area contributed by atoms with E-state index in [0.717, 1.165) is 50.1 Å². The van der Waals surface area contributed by atoms with Crippen LogP contribution in [0.3, 0.4) is 0 Å². The Bertz CT molecular complexity index is 471. The van der Waals surface area contributed by atoms with Crippen molar-refractivity contribution in [3.8, 4) is 0 Å². The summed E-state index contributed by atoms with van der Waals surface area (Å²) in [6.45, 7) is 5.39. The molecule has 1 fully saturated rings. The zero-order valence-corrected chi connectivity index (χ0v) is 15.4. The predicted octanol–water partition coefficient (Wildman–Crippen LogP) is 2.89. The highest BCUT2D eigenvalue weighted by Gasteiger charge is 2.26. The topological polar surface area (TPSA) is 35.6 Å². The Morgan fingerprint density at radius 1 is 1.35 bits per heavy atom. The largest absolute Gasteiger partial charge is 0.378 e. The third-order valence-corrected chi connectivity index (χ3v) is 4.06. The van der Waals surface area contributed by atoms with Crippen molar-refractivity contribution < 1.29 is 4.79 Å². The zero-order valence-electron chi connectivity index (χ0n) is 15.4. The van der Waals surface area contributed by atoms with Gasteiger partial charge < -0.3 is 15.1 Å². The van der Waals surface area contributed by atoms with E-state index >= 15 is 0 Å². The molecule has 4 heteroatoms. The first-order chi connectivity index (χ1) is 11.0. The predicted molar refractivity (Wildman–Crippen MR) is 99.5 cm³/mol. The molecule has 0 radical (unpaired) electrons. The molecule has 1 saturated heterocycles. The molecule has 1 aromatic rings. The van der Waals surface area contributed by atoms with E-state index in [1.165, 1.54) is 0 Å². The van der Waals surface area contributed by atoms with Crippen LogP contribution in [0, 0.1) is 5.92 Å². The lowest BCUT2D eigenvalue weighted by Crippen LogP contribution is -2.39. The Kier molecular flexibility index (Phi) is 8.89. The first-order valence-electron chi connectivity index (χ1n) is 8.65. The summed E-state index contributed by atoms with van der Waals surface area (Å²) >= 11 is 0. The summed E-state index contributed by atoms with van der Waals surface area (Å²) in [5.41, 5.74) is 1.96. The number of nitrogens with one attached hydrogen (secondary N) is 1. The maximum absolute atomic E-state index is 12.7. The second-order valence-electron chi connectivity index (χ2n) is 6.45. The van der Waals surface area contributed by atoms with Gasteiger partial charge in [-0.2, -0.15) is 0 Å². The summed E-state index contributed by atoms with van der Waals surface area (Å²) in [6, 6.07) is 7.99. The van der Waals surface area contributed by atoms with E-state index in [9.17, 15) is 4.79 Å². The Labute approximate surface area is 141 Å². The minimum Gasteiger partial charge on any atom is -0.378 e. The van der Waals surface area contributed by atoms with Crippen LogP contribution in [0.15, 0.2) is 24.3 Å². The Morgan fingerprint density at radius 3 is 2.65 bits per heavy atom. The standard InChI is InChI=1S/C17H26N2O.C2H7N/c1-4-10-19-11-6-8-15(13-19)17(20)14-7-5-9-16(12-14)18(2)3;1-3-2/h5,7,9,12,15H,4,6,8,10-11,13H2,1-3H3;3H,1-2H3. The summed E-state index contributed by atoms with van der Waals surface area (Å²) in [6.07, 6.45) is 3.34. The molecule has 1 aromatic carbocycles. The van der Waals surface area contributed by atoms with Crippen LogP contribution < -0.4 is 10.2 Å². The number of ketones is 1. The molecule has 4 nitrogen and oxygen atoms in total. The molecule has 1 N–H and O–H groups in total. The third kappa shape index (κ3) is 6.32. The fourth-order valence-electron chi connectivity index (χ4n) is 2.96. The van der Waals surface area contributed by atoms with Gasteiger partial charge in [-0.1, -0.05) is 19.1 Å². The molecule has 1 unspecified atom stereocenters. The fraction of sp³-hybridized carbons (Fsp3) is 0.632. The van der Waals surface area contributed by atoms with Gasteiger partial charge >= 0.3 is 0 Å². The maximum Gasteiger partial charge on any atom is 0.167 e. The van der Waals surface area contributed by atoms with Gasteiger partial charge in [-0.25, -0.2) is 0 Å². The highest BCUT2D eigenvalue weighted by Crippen LogP contribution is 2.23. The molecule has 0 amide bonds. The lowest BCUT2D eigenvalue weighted by molar-refractivity contribution is 0.0820. The van der Waals surface area contributed by atoms with E-state index in [-0.39, 0.29) is 5.92 Å². The number of Topliss-reactive ketones (excluding diaryl/α,β-unsaturated/α-hetero) is 1. The van der Waals surface area contributed by atoms with Crippen molar-refractivity contribution in [2.45, 2.75) is 26.2 Å². The quantitative estimate of drug-likeness (QED) is 0.847. The normalized spacial score (nSPS) is 18.0. The van der Waals surface area contributed by atoms with Gasteiger partial charge in [0.1, 0.15) is 0 Å². The van der Waals surface area contributed by atoms with Crippen molar-refractivity contribution in [3.63, 3.8) is 0 Å². The Hall–Kier alpha value is -1.39. The van der Waals surface area contributed by atoms with Crippen LogP contribution in [0.5, 0.6) is 0 Å². The molecule has 0 aliphatic carbocycles. The van der Waals surface area contributed by atoms with E-state index < -0.39 is 0 Å². The lowest BCUT2D eigenvalue weighted by atomic mass is 9.89. The van der Waals surface area contributed by atoms with Crippen LogP contribution >= 0.6 is 0 Å². The van der Waals surface area contributed by atoms with Crippen molar-refractivity contribution in [2.24, 2.45) is 5.92 Å². The zero-order chi connectivity index (χ0) is 17.2. The molecule has 130 valence electrons. The second kappa shape index (κ2) is 10.4. The number of hydrogen-bond donors (Lipinski definition) is 1. The molecular weight excluding hydrogens is 286 g/mol. The van der Waals surface area contributed by atoms with E-state index in [1.54, 1.807) is 0 Å². The molecule has 1 aliphatic rings. The number of carbonyl (C=O) groups excluding carboxylic acids is 1. The lowest BCUT2D eigenvalue weighted by Gasteiger charge is -2.31. The molecule has 1 atom stereocenters. The van der Waals surface area contributed by atoms with Gasteiger partial charge in [0, 0.05) is 37.8 Å². The number of likely N-dealkylation sites (tertiary alicyclic amines) is 1. The van der Waals surface area contributed by atoms with Crippen LogP contribution in [0.4, 0.5) is 5.69 Å². The number of nitrogens with zero attached hydrogens (tertiary/aromatic N) is 2. The minimum atomic E-state index is 0.174. The number of carbonyl (C=O) groups is 1. The number of benzene rings is 1. The number of anilines is 1. The maximum atomic E-state index is 12.7. The summed E-state index contributed by atoms with van der Waals surface area (Å²) in [5, 5.41) is 2.75. The first kappa shape index (κ1) is 19.7. The van der Waals surface area contributed by atoms with E-state index in [4.69, 9.17) is 0 Å². The van der Waals surface area contributed by atoms with Gasteiger partial charge in [-0.3, -0.25) is 4.79 Å². The summed E-state index contributed by atoms with van der Waals surface area (Å²) in [5.74, 6) is 0.488. The van der Waals surface area contributed by atoms with Crippen molar-refractivity contribution >= 4 is 11.5 Å². The molecule has 1 heterocycles. The van der Waals surface area contributed by atoms with E-state index in [2.05, 4.69) is 17.1 Å². The van der Waals surface area contributed by atoms with Gasteiger partial charge in [-0.05, 0) is 58.6 Å². The van der Waals surface area contributed by atoms with Gasteiger partial charge in [0.25, 0.3) is 0 Å².